The van der Waals surface area contributed by atoms with Gasteiger partial charge in [0, 0.05) is 5.92 Å². The maximum Gasteiger partial charge on any atom is 0.132 e. The second-order valence-corrected chi connectivity index (χ2v) is 4.27. The minimum absolute atomic E-state index is 0.358. The molecule has 0 radical (unpaired) electrons. The van der Waals surface area contributed by atoms with Crippen molar-refractivity contribution in [2.45, 2.75) is 45.4 Å². The highest BCUT2D eigenvalue weighted by Crippen LogP contribution is 2.32. The van der Waals surface area contributed by atoms with E-state index in [0.29, 0.717) is 11.7 Å². The van der Waals surface area contributed by atoms with Gasteiger partial charge in [-0.05, 0) is 45.1 Å². The zero-order chi connectivity index (χ0) is 9.68. The molecule has 0 aliphatic heterocycles. The molecule has 0 bridgehead atoms. The Bertz CT molecular complexity index is 167. The first kappa shape index (κ1) is 10.7. The monoisotopic (exact) mass is 183 g/mol. The van der Waals surface area contributed by atoms with Crippen molar-refractivity contribution in [2.24, 2.45) is 17.6 Å². The van der Waals surface area contributed by atoms with E-state index in [2.05, 4.69) is 0 Å². The molecule has 0 amide bonds. The van der Waals surface area contributed by atoms with Gasteiger partial charge in [0.25, 0.3) is 0 Å². The molecule has 2 atom stereocenters. The fourth-order valence-electron chi connectivity index (χ4n) is 2.33. The van der Waals surface area contributed by atoms with E-state index in [-0.39, 0.29) is 0 Å². The largest absolute Gasteiger partial charge is 0.330 e. The van der Waals surface area contributed by atoms with Gasteiger partial charge in [-0.3, -0.25) is 4.79 Å². The van der Waals surface area contributed by atoms with Crippen molar-refractivity contribution >= 4 is 5.78 Å². The number of carbonyl (C=O) groups is 1. The molecule has 2 N–H and O–H groups in total. The summed E-state index contributed by atoms with van der Waals surface area (Å²) in [5.41, 5.74) is 5.47. The van der Waals surface area contributed by atoms with E-state index in [0.717, 1.165) is 31.7 Å². The third-order valence-corrected chi connectivity index (χ3v) is 3.17. The first-order valence-corrected chi connectivity index (χ1v) is 5.44. The van der Waals surface area contributed by atoms with Crippen LogP contribution in [0.5, 0.6) is 0 Å². The lowest BCUT2D eigenvalue weighted by Crippen LogP contribution is -2.21. The van der Waals surface area contributed by atoms with Crippen LogP contribution in [0.4, 0.5) is 0 Å². The van der Waals surface area contributed by atoms with Crippen LogP contribution in [0.15, 0.2) is 0 Å². The first-order valence-electron chi connectivity index (χ1n) is 5.44. The highest BCUT2D eigenvalue weighted by molar-refractivity contribution is 5.78. The van der Waals surface area contributed by atoms with Crippen LogP contribution in [0.3, 0.4) is 0 Å². The van der Waals surface area contributed by atoms with Crippen LogP contribution in [0.1, 0.15) is 45.4 Å². The molecule has 1 aliphatic rings. The molecule has 76 valence electrons. The molecule has 2 heteroatoms. The Morgan fingerprint density at radius 2 is 2.23 bits per heavy atom. The molecule has 0 heterocycles. The Labute approximate surface area is 80.9 Å². The van der Waals surface area contributed by atoms with Crippen LogP contribution in [0, 0.1) is 11.8 Å². The maximum absolute atomic E-state index is 11.2. The lowest BCUT2D eigenvalue weighted by molar-refractivity contribution is -0.122. The molecule has 0 spiro atoms. The summed E-state index contributed by atoms with van der Waals surface area (Å²) < 4.78 is 0. The van der Waals surface area contributed by atoms with E-state index >= 15 is 0 Å². The lowest BCUT2D eigenvalue weighted by Gasteiger charge is -2.27. The molecule has 2 nitrogen and oxygen atoms in total. The van der Waals surface area contributed by atoms with E-state index in [1.807, 2.05) is 0 Å². The van der Waals surface area contributed by atoms with Gasteiger partial charge in [0.2, 0.25) is 0 Å². The third kappa shape index (κ3) is 3.47. The second-order valence-electron chi connectivity index (χ2n) is 4.27. The normalized spacial score (nSPS) is 28.8. The van der Waals surface area contributed by atoms with Crippen LogP contribution in [0.25, 0.3) is 0 Å². The number of hydrogen-bond donors (Lipinski definition) is 1. The predicted molar refractivity (Wildman–Crippen MR) is 54.4 cm³/mol. The van der Waals surface area contributed by atoms with Crippen molar-refractivity contribution < 1.29 is 4.79 Å². The van der Waals surface area contributed by atoms with Crippen LogP contribution in [-0.4, -0.2) is 12.3 Å². The Kier molecular flexibility index (Phi) is 4.43. The number of rotatable bonds is 4. The minimum Gasteiger partial charge on any atom is -0.330 e. The topological polar surface area (TPSA) is 43.1 Å². The van der Waals surface area contributed by atoms with E-state index in [9.17, 15) is 4.79 Å². The van der Waals surface area contributed by atoms with Gasteiger partial charge in [-0.2, -0.15) is 0 Å². The summed E-state index contributed by atoms with van der Waals surface area (Å²) in [5.74, 6) is 1.51. The zero-order valence-electron chi connectivity index (χ0n) is 8.59. The summed E-state index contributed by atoms with van der Waals surface area (Å²) in [6, 6.07) is 0. The Balaban J connectivity index is 2.29. The smallest absolute Gasteiger partial charge is 0.132 e. The number of carbonyl (C=O) groups excluding carboxylic acids is 1. The highest BCUT2D eigenvalue weighted by atomic mass is 16.1. The van der Waals surface area contributed by atoms with Crippen molar-refractivity contribution in [1.82, 2.24) is 0 Å². The Hall–Kier alpha value is -0.370. The molecule has 1 saturated carbocycles. The van der Waals surface area contributed by atoms with Crippen molar-refractivity contribution in [3.05, 3.63) is 0 Å². The summed E-state index contributed by atoms with van der Waals surface area (Å²) in [7, 11) is 0. The fraction of sp³-hybridized carbons (Fsp3) is 0.909. The van der Waals surface area contributed by atoms with Gasteiger partial charge in [-0.15, -0.1) is 0 Å². The molecule has 0 aromatic carbocycles. The zero-order valence-corrected chi connectivity index (χ0v) is 8.59. The molecule has 0 aromatic rings. The minimum atomic E-state index is 0.358. The van der Waals surface area contributed by atoms with Crippen molar-refractivity contribution in [1.29, 1.82) is 0 Å². The van der Waals surface area contributed by atoms with Crippen LogP contribution in [-0.2, 0) is 4.79 Å². The number of nitrogens with two attached hydrogens (primary N) is 1. The summed E-state index contributed by atoms with van der Waals surface area (Å²) in [6.45, 7) is 2.53. The van der Waals surface area contributed by atoms with Crippen LogP contribution < -0.4 is 5.73 Å². The van der Waals surface area contributed by atoms with Crippen LogP contribution >= 0.6 is 0 Å². The van der Waals surface area contributed by atoms with Gasteiger partial charge in [-0.1, -0.05) is 12.8 Å². The lowest BCUT2D eigenvalue weighted by atomic mass is 9.78. The summed E-state index contributed by atoms with van der Waals surface area (Å²) in [6.07, 6.45) is 7.13. The fourth-order valence-corrected chi connectivity index (χ4v) is 2.33. The molecule has 0 saturated heterocycles. The molecule has 1 aliphatic carbocycles. The van der Waals surface area contributed by atoms with Gasteiger partial charge >= 0.3 is 0 Å². The van der Waals surface area contributed by atoms with Gasteiger partial charge < -0.3 is 5.73 Å². The number of hydrogen-bond acceptors (Lipinski definition) is 2. The summed E-state index contributed by atoms with van der Waals surface area (Å²) in [5, 5.41) is 0. The highest BCUT2D eigenvalue weighted by Gasteiger charge is 2.24. The number of Topliss-reactive ketones (excluding diaryl/α,β-unsaturated/α-hetero) is 1. The van der Waals surface area contributed by atoms with Gasteiger partial charge in [0.05, 0.1) is 0 Å². The standard InChI is InChI=1S/C11H21NO/c1-9(13)11-6-2-4-10(8-11)5-3-7-12/h10-11H,2-8,12H2,1H3. The van der Waals surface area contributed by atoms with Crippen LogP contribution in [0.2, 0.25) is 0 Å². The first-order chi connectivity index (χ1) is 6.24. The molecular weight excluding hydrogens is 162 g/mol. The van der Waals surface area contributed by atoms with E-state index < -0.39 is 0 Å². The SMILES string of the molecule is CC(=O)C1CCCC(CCCN)C1. The molecule has 0 aromatic heterocycles. The molecule has 2 unspecified atom stereocenters. The molecule has 13 heavy (non-hydrogen) atoms. The molecular formula is C11H21NO. The van der Waals surface area contributed by atoms with Gasteiger partial charge in [0.15, 0.2) is 0 Å². The molecule has 1 rings (SSSR count). The number of ketones is 1. The quantitative estimate of drug-likeness (QED) is 0.725. The summed E-state index contributed by atoms with van der Waals surface area (Å²) >= 11 is 0. The van der Waals surface area contributed by atoms with Crippen molar-refractivity contribution in [3.8, 4) is 0 Å². The van der Waals surface area contributed by atoms with Gasteiger partial charge in [0.1, 0.15) is 5.78 Å². The summed E-state index contributed by atoms with van der Waals surface area (Å²) in [4.78, 5) is 11.2. The van der Waals surface area contributed by atoms with E-state index in [4.69, 9.17) is 5.73 Å². The molecule has 1 fully saturated rings. The van der Waals surface area contributed by atoms with Gasteiger partial charge in [-0.25, -0.2) is 0 Å². The Morgan fingerprint density at radius 1 is 1.46 bits per heavy atom. The van der Waals surface area contributed by atoms with E-state index in [1.165, 1.54) is 19.3 Å². The second kappa shape index (κ2) is 5.38. The van der Waals surface area contributed by atoms with Crippen molar-refractivity contribution in [3.63, 3.8) is 0 Å². The van der Waals surface area contributed by atoms with E-state index in [1.54, 1.807) is 6.92 Å². The third-order valence-electron chi connectivity index (χ3n) is 3.17. The maximum atomic E-state index is 11.2. The average molecular weight is 183 g/mol. The predicted octanol–water partition coefficient (Wildman–Crippen LogP) is 2.12. The van der Waals surface area contributed by atoms with Crippen molar-refractivity contribution in [2.75, 3.05) is 6.54 Å². The average Bonchev–Trinajstić information content (AvgIpc) is 2.15. The Morgan fingerprint density at radius 3 is 2.85 bits per heavy atom.